The highest BCUT2D eigenvalue weighted by molar-refractivity contribution is 5.43. The first-order valence-electron chi connectivity index (χ1n) is 4.14. The number of ether oxygens (including phenoxy) is 1. The van der Waals surface area contributed by atoms with E-state index in [1.807, 2.05) is 25.1 Å². The average molecular weight is 178 g/mol. The SMILES string of the molecule is C=CC(O)c1cccc(C)c1OC. The first kappa shape index (κ1) is 9.81. The van der Waals surface area contributed by atoms with E-state index in [-0.39, 0.29) is 0 Å². The zero-order valence-corrected chi connectivity index (χ0v) is 7.95. The van der Waals surface area contributed by atoms with Crippen LogP contribution in [-0.4, -0.2) is 12.2 Å². The quantitative estimate of drug-likeness (QED) is 0.719. The summed E-state index contributed by atoms with van der Waals surface area (Å²) >= 11 is 0. The van der Waals surface area contributed by atoms with Gasteiger partial charge in [-0.25, -0.2) is 0 Å². The highest BCUT2D eigenvalue weighted by Gasteiger charge is 2.10. The van der Waals surface area contributed by atoms with Gasteiger partial charge in [-0.1, -0.05) is 24.3 Å². The molecule has 70 valence electrons. The number of hydrogen-bond acceptors (Lipinski definition) is 2. The number of methoxy groups -OCH3 is 1. The Hall–Kier alpha value is -1.28. The van der Waals surface area contributed by atoms with E-state index in [1.165, 1.54) is 6.08 Å². The molecule has 2 nitrogen and oxygen atoms in total. The molecular weight excluding hydrogens is 164 g/mol. The third-order valence-electron chi connectivity index (χ3n) is 1.99. The van der Waals surface area contributed by atoms with Crippen LogP contribution in [0.3, 0.4) is 0 Å². The third kappa shape index (κ3) is 1.90. The van der Waals surface area contributed by atoms with Gasteiger partial charge in [-0.3, -0.25) is 0 Å². The van der Waals surface area contributed by atoms with Gasteiger partial charge in [-0.15, -0.1) is 6.58 Å². The second-order valence-electron chi connectivity index (χ2n) is 2.88. The Bertz CT molecular complexity index is 305. The van der Waals surface area contributed by atoms with Crippen LogP contribution >= 0.6 is 0 Å². The van der Waals surface area contributed by atoms with Gasteiger partial charge in [0.25, 0.3) is 0 Å². The molecule has 0 amide bonds. The van der Waals surface area contributed by atoms with Crippen LogP contribution in [0.1, 0.15) is 17.2 Å². The summed E-state index contributed by atoms with van der Waals surface area (Å²) in [7, 11) is 1.60. The number of rotatable bonds is 3. The number of hydrogen-bond donors (Lipinski definition) is 1. The van der Waals surface area contributed by atoms with Crippen molar-refractivity contribution < 1.29 is 9.84 Å². The van der Waals surface area contributed by atoms with Gasteiger partial charge >= 0.3 is 0 Å². The highest BCUT2D eigenvalue weighted by Crippen LogP contribution is 2.28. The monoisotopic (exact) mass is 178 g/mol. The minimum Gasteiger partial charge on any atom is -0.496 e. The van der Waals surface area contributed by atoms with Gasteiger partial charge in [0.1, 0.15) is 11.9 Å². The zero-order chi connectivity index (χ0) is 9.84. The lowest BCUT2D eigenvalue weighted by molar-refractivity contribution is 0.223. The maximum Gasteiger partial charge on any atom is 0.127 e. The maximum atomic E-state index is 9.57. The van der Waals surface area contributed by atoms with Gasteiger partial charge in [0.15, 0.2) is 0 Å². The van der Waals surface area contributed by atoms with Crippen LogP contribution in [0.5, 0.6) is 5.75 Å². The van der Waals surface area contributed by atoms with E-state index in [0.717, 1.165) is 16.9 Å². The summed E-state index contributed by atoms with van der Waals surface area (Å²) in [5, 5.41) is 9.57. The number of para-hydroxylation sites is 1. The minimum atomic E-state index is -0.658. The number of aliphatic hydroxyl groups excluding tert-OH is 1. The molecule has 1 atom stereocenters. The first-order valence-corrected chi connectivity index (χ1v) is 4.14. The summed E-state index contributed by atoms with van der Waals surface area (Å²) in [5.41, 5.74) is 1.78. The molecule has 2 heteroatoms. The Morgan fingerprint density at radius 2 is 2.23 bits per heavy atom. The normalized spacial score (nSPS) is 12.2. The smallest absolute Gasteiger partial charge is 0.127 e. The molecule has 1 aromatic rings. The Labute approximate surface area is 78.5 Å². The summed E-state index contributed by atoms with van der Waals surface area (Å²) in [6.07, 6.45) is 0.826. The fourth-order valence-corrected chi connectivity index (χ4v) is 1.31. The van der Waals surface area contributed by atoms with Gasteiger partial charge in [0, 0.05) is 5.56 Å². The van der Waals surface area contributed by atoms with Crippen molar-refractivity contribution in [3.8, 4) is 5.75 Å². The lowest BCUT2D eigenvalue weighted by Gasteiger charge is -2.13. The van der Waals surface area contributed by atoms with E-state index in [2.05, 4.69) is 6.58 Å². The predicted octanol–water partition coefficient (Wildman–Crippen LogP) is 2.22. The molecule has 0 radical (unpaired) electrons. The van der Waals surface area contributed by atoms with Gasteiger partial charge < -0.3 is 9.84 Å². The van der Waals surface area contributed by atoms with Crippen molar-refractivity contribution in [2.75, 3.05) is 7.11 Å². The molecule has 0 spiro atoms. The van der Waals surface area contributed by atoms with Crippen molar-refractivity contribution in [2.45, 2.75) is 13.0 Å². The molecule has 0 bridgehead atoms. The summed E-state index contributed by atoms with van der Waals surface area (Å²) in [6.45, 7) is 5.48. The van der Waals surface area contributed by atoms with E-state index < -0.39 is 6.10 Å². The number of aliphatic hydroxyl groups is 1. The molecule has 0 saturated heterocycles. The third-order valence-corrected chi connectivity index (χ3v) is 1.99. The summed E-state index contributed by atoms with van der Waals surface area (Å²) < 4.78 is 5.19. The molecule has 0 fully saturated rings. The molecular formula is C11H14O2. The molecule has 0 saturated carbocycles. The standard InChI is InChI=1S/C11H14O2/c1-4-10(12)9-7-5-6-8(2)11(9)13-3/h4-7,10,12H,1H2,2-3H3. The van der Waals surface area contributed by atoms with E-state index in [4.69, 9.17) is 4.74 Å². The Kier molecular flexibility index (Phi) is 3.09. The van der Waals surface area contributed by atoms with Crippen LogP contribution in [-0.2, 0) is 0 Å². The summed E-state index contributed by atoms with van der Waals surface area (Å²) in [6, 6.07) is 5.66. The molecule has 13 heavy (non-hydrogen) atoms. The van der Waals surface area contributed by atoms with Crippen LogP contribution in [0.2, 0.25) is 0 Å². The van der Waals surface area contributed by atoms with Crippen LogP contribution in [0, 0.1) is 6.92 Å². The van der Waals surface area contributed by atoms with Crippen molar-refractivity contribution in [3.05, 3.63) is 42.0 Å². The fourth-order valence-electron chi connectivity index (χ4n) is 1.31. The van der Waals surface area contributed by atoms with E-state index in [9.17, 15) is 5.11 Å². The minimum absolute atomic E-state index is 0.658. The lowest BCUT2D eigenvalue weighted by Crippen LogP contribution is -1.98. The second kappa shape index (κ2) is 4.10. The summed E-state index contributed by atoms with van der Waals surface area (Å²) in [4.78, 5) is 0. The Morgan fingerprint density at radius 3 is 2.77 bits per heavy atom. The van der Waals surface area contributed by atoms with Crippen LogP contribution in [0.25, 0.3) is 0 Å². The van der Waals surface area contributed by atoms with Gasteiger partial charge in [-0.2, -0.15) is 0 Å². The van der Waals surface area contributed by atoms with Crippen molar-refractivity contribution in [1.82, 2.24) is 0 Å². The molecule has 1 aromatic carbocycles. The van der Waals surface area contributed by atoms with Crippen molar-refractivity contribution >= 4 is 0 Å². The van der Waals surface area contributed by atoms with Crippen LogP contribution < -0.4 is 4.74 Å². The molecule has 0 heterocycles. The second-order valence-corrected chi connectivity index (χ2v) is 2.88. The van der Waals surface area contributed by atoms with Gasteiger partial charge in [0.05, 0.1) is 7.11 Å². The number of benzene rings is 1. The summed E-state index contributed by atoms with van der Waals surface area (Å²) in [5.74, 6) is 0.731. The molecule has 0 aromatic heterocycles. The zero-order valence-electron chi connectivity index (χ0n) is 7.95. The van der Waals surface area contributed by atoms with Gasteiger partial charge in [0.2, 0.25) is 0 Å². The van der Waals surface area contributed by atoms with E-state index in [0.29, 0.717) is 0 Å². The fraction of sp³-hybridized carbons (Fsp3) is 0.273. The maximum absolute atomic E-state index is 9.57. The largest absolute Gasteiger partial charge is 0.496 e. The molecule has 0 aliphatic heterocycles. The molecule has 0 aliphatic carbocycles. The molecule has 1 unspecified atom stereocenters. The molecule has 1 rings (SSSR count). The lowest BCUT2D eigenvalue weighted by atomic mass is 10.0. The van der Waals surface area contributed by atoms with Crippen molar-refractivity contribution in [1.29, 1.82) is 0 Å². The van der Waals surface area contributed by atoms with Crippen molar-refractivity contribution in [2.24, 2.45) is 0 Å². The number of aryl methyl sites for hydroxylation is 1. The predicted molar refractivity (Wildman–Crippen MR) is 52.9 cm³/mol. The molecule has 0 aliphatic rings. The van der Waals surface area contributed by atoms with E-state index >= 15 is 0 Å². The Balaban J connectivity index is 3.19. The molecule has 1 N–H and O–H groups in total. The first-order chi connectivity index (χ1) is 6.20. The highest BCUT2D eigenvalue weighted by atomic mass is 16.5. The van der Waals surface area contributed by atoms with E-state index in [1.54, 1.807) is 7.11 Å². The van der Waals surface area contributed by atoms with Crippen molar-refractivity contribution in [3.63, 3.8) is 0 Å². The topological polar surface area (TPSA) is 29.5 Å². The average Bonchev–Trinajstić information content (AvgIpc) is 2.16. The van der Waals surface area contributed by atoms with Gasteiger partial charge in [-0.05, 0) is 12.5 Å². The van der Waals surface area contributed by atoms with Crippen LogP contribution in [0.15, 0.2) is 30.9 Å². The Morgan fingerprint density at radius 1 is 1.54 bits per heavy atom. The van der Waals surface area contributed by atoms with Crippen LogP contribution in [0.4, 0.5) is 0 Å².